The standard InChI is InChI=1S/C7H14O3S/c1-6(9)7(11)10-5-3-2-4-8/h6,8-9H,2-5H2,1H3. The summed E-state index contributed by atoms with van der Waals surface area (Å²) in [5.41, 5.74) is 0. The predicted octanol–water partition coefficient (Wildman–Crippen LogP) is 0.484. The molecule has 0 bridgehead atoms. The van der Waals surface area contributed by atoms with E-state index < -0.39 is 6.10 Å². The van der Waals surface area contributed by atoms with Crippen LogP contribution in [0.4, 0.5) is 0 Å². The molecule has 2 N–H and O–H groups in total. The predicted molar refractivity (Wildman–Crippen MR) is 46.6 cm³/mol. The summed E-state index contributed by atoms with van der Waals surface area (Å²) in [4.78, 5) is 0. The summed E-state index contributed by atoms with van der Waals surface area (Å²) >= 11 is 4.69. The van der Waals surface area contributed by atoms with Crippen LogP contribution in [-0.4, -0.2) is 34.6 Å². The van der Waals surface area contributed by atoms with Crippen LogP contribution in [0.2, 0.25) is 0 Å². The third-order valence-corrected chi connectivity index (χ3v) is 1.60. The Hall–Kier alpha value is -0.190. The molecule has 1 unspecified atom stereocenters. The zero-order valence-corrected chi connectivity index (χ0v) is 7.43. The maximum atomic E-state index is 8.86. The summed E-state index contributed by atoms with van der Waals surface area (Å²) in [5, 5.41) is 17.5. The van der Waals surface area contributed by atoms with Crippen molar-refractivity contribution in [3.05, 3.63) is 0 Å². The van der Waals surface area contributed by atoms with E-state index in [9.17, 15) is 0 Å². The number of hydrogen-bond donors (Lipinski definition) is 2. The lowest BCUT2D eigenvalue weighted by Gasteiger charge is -2.08. The molecule has 1 atom stereocenters. The normalized spacial score (nSPS) is 12.6. The van der Waals surface area contributed by atoms with Crippen LogP contribution < -0.4 is 0 Å². The Kier molecular flexibility index (Phi) is 6.40. The molecule has 0 spiro atoms. The van der Waals surface area contributed by atoms with Gasteiger partial charge in [0, 0.05) is 6.61 Å². The highest BCUT2D eigenvalue weighted by Gasteiger charge is 2.03. The van der Waals surface area contributed by atoms with E-state index in [-0.39, 0.29) is 11.7 Å². The van der Waals surface area contributed by atoms with Gasteiger partial charge in [-0.3, -0.25) is 0 Å². The lowest BCUT2D eigenvalue weighted by Crippen LogP contribution is -2.17. The molecule has 0 radical (unpaired) electrons. The first-order valence-corrected chi connectivity index (χ1v) is 4.05. The number of ether oxygens (including phenoxy) is 1. The Morgan fingerprint density at radius 2 is 2.18 bits per heavy atom. The van der Waals surface area contributed by atoms with Crippen LogP contribution in [-0.2, 0) is 4.74 Å². The fraction of sp³-hybridized carbons (Fsp3) is 0.857. The number of thiocarbonyl (C=S) groups is 1. The van der Waals surface area contributed by atoms with E-state index in [1.165, 1.54) is 0 Å². The molecule has 4 heteroatoms. The Bertz CT molecular complexity index is 114. The average molecular weight is 178 g/mol. The third kappa shape index (κ3) is 6.22. The molecule has 0 aliphatic carbocycles. The second-order valence-corrected chi connectivity index (χ2v) is 2.68. The van der Waals surface area contributed by atoms with Gasteiger partial charge in [-0.05, 0) is 32.0 Å². The molecule has 3 nitrogen and oxygen atoms in total. The summed E-state index contributed by atoms with van der Waals surface area (Å²) in [6.07, 6.45) is 0.797. The molecular weight excluding hydrogens is 164 g/mol. The molecule has 0 aromatic heterocycles. The SMILES string of the molecule is CC(O)C(=S)OCCCCO. The number of aliphatic hydroxyl groups excluding tert-OH is 2. The van der Waals surface area contributed by atoms with E-state index >= 15 is 0 Å². The van der Waals surface area contributed by atoms with Crippen molar-refractivity contribution >= 4 is 17.3 Å². The minimum Gasteiger partial charge on any atom is -0.484 e. The van der Waals surface area contributed by atoms with Gasteiger partial charge in [-0.25, -0.2) is 0 Å². The van der Waals surface area contributed by atoms with Gasteiger partial charge in [0.05, 0.1) is 6.61 Å². The fourth-order valence-electron chi connectivity index (χ4n) is 0.507. The molecule has 0 aromatic rings. The van der Waals surface area contributed by atoms with Crippen molar-refractivity contribution in [1.82, 2.24) is 0 Å². The minimum absolute atomic E-state index is 0.171. The molecule has 0 fully saturated rings. The minimum atomic E-state index is -0.681. The van der Waals surface area contributed by atoms with Crippen LogP contribution in [0.5, 0.6) is 0 Å². The monoisotopic (exact) mass is 178 g/mol. The first-order chi connectivity index (χ1) is 5.18. The molecule has 0 aliphatic rings. The molecule has 0 heterocycles. The van der Waals surface area contributed by atoms with Crippen molar-refractivity contribution in [2.24, 2.45) is 0 Å². The van der Waals surface area contributed by atoms with Gasteiger partial charge in [-0.15, -0.1) is 0 Å². The van der Waals surface area contributed by atoms with Crippen molar-refractivity contribution in [3.63, 3.8) is 0 Å². The molecule has 0 amide bonds. The van der Waals surface area contributed by atoms with Crippen molar-refractivity contribution in [2.45, 2.75) is 25.9 Å². The van der Waals surface area contributed by atoms with E-state index in [2.05, 4.69) is 0 Å². The lowest BCUT2D eigenvalue weighted by molar-refractivity contribution is 0.197. The van der Waals surface area contributed by atoms with E-state index in [0.717, 1.165) is 6.42 Å². The molecule has 0 saturated heterocycles. The molecule has 0 saturated carbocycles. The third-order valence-electron chi connectivity index (χ3n) is 1.14. The quantitative estimate of drug-likeness (QED) is 0.475. The van der Waals surface area contributed by atoms with E-state index in [0.29, 0.717) is 13.0 Å². The van der Waals surface area contributed by atoms with Crippen LogP contribution in [0.3, 0.4) is 0 Å². The van der Waals surface area contributed by atoms with Crippen LogP contribution in [0.1, 0.15) is 19.8 Å². The van der Waals surface area contributed by atoms with E-state index in [1.807, 2.05) is 0 Å². The van der Waals surface area contributed by atoms with Gasteiger partial charge >= 0.3 is 0 Å². The summed E-state index contributed by atoms with van der Waals surface area (Å²) < 4.78 is 4.98. The van der Waals surface area contributed by atoms with E-state index in [4.69, 9.17) is 27.2 Å². The highest BCUT2D eigenvalue weighted by atomic mass is 32.1. The van der Waals surface area contributed by atoms with Crippen molar-refractivity contribution in [1.29, 1.82) is 0 Å². The molecule has 0 aliphatic heterocycles. The number of unbranched alkanes of at least 4 members (excludes halogenated alkanes) is 1. The maximum Gasteiger partial charge on any atom is 0.188 e. The molecular formula is C7H14O3S. The van der Waals surface area contributed by atoms with Crippen LogP contribution in [0, 0.1) is 0 Å². The molecule has 0 aromatic carbocycles. The summed E-state index contributed by atoms with van der Waals surface area (Å²) in [6.45, 7) is 2.21. The van der Waals surface area contributed by atoms with Gasteiger partial charge in [-0.1, -0.05) is 0 Å². The fourth-order valence-corrected chi connectivity index (χ4v) is 0.591. The zero-order valence-electron chi connectivity index (χ0n) is 6.62. The zero-order chi connectivity index (χ0) is 8.69. The van der Waals surface area contributed by atoms with Crippen molar-refractivity contribution < 1.29 is 14.9 Å². The second kappa shape index (κ2) is 6.52. The van der Waals surface area contributed by atoms with Crippen LogP contribution in [0.25, 0.3) is 0 Å². The first-order valence-electron chi connectivity index (χ1n) is 3.64. The largest absolute Gasteiger partial charge is 0.484 e. The van der Waals surface area contributed by atoms with Gasteiger partial charge in [0.2, 0.25) is 0 Å². The summed E-state index contributed by atoms with van der Waals surface area (Å²) in [7, 11) is 0. The highest BCUT2D eigenvalue weighted by Crippen LogP contribution is 1.94. The molecule has 0 rings (SSSR count). The summed E-state index contributed by atoms with van der Waals surface area (Å²) in [6, 6.07) is 0. The molecule has 66 valence electrons. The Labute approximate surface area is 72.0 Å². The average Bonchev–Trinajstić information content (AvgIpc) is 1.97. The second-order valence-electron chi connectivity index (χ2n) is 2.27. The van der Waals surface area contributed by atoms with Crippen LogP contribution in [0.15, 0.2) is 0 Å². The van der Waals surface area contributed by atoms with Gasteiger partial charge < -0.3 is 14.9 Å². The maximum absolute atomic E-state index is 8.86. The Morgan fingerprint density at radius 1 is 1.55 bits per heavy atom. The highest BCUT2D eigenvalue weighted by molar-refractivity contribution is 7.80. The van der Waals surface area contributed by atoms with Crippen molar-refractivity contribution in [3.8, 4) is 0 Å². The van der Waals surface area contributed by atoms with Gasteiger partial charge in [0.25, 0.3) is 0 Å². The Balaban J connectivity index is 3.18. The lowest BCUT2D eigenvalue weighted by atomic mass is 10.3. The van der Waals surface area contributed by atoms with Crippen LogP contribution >= 0.6 is 12.2 Å². The summed E-state index contributed by atoms with van der Waals surface area (Å²) in [5.74, 6) is 0. The first kappa shape index (κ1) is 10.8. The van der Waals surface area contributed by atoms with Crippen molar-refractivity contribution in [2.75, 3.05) is 13.2 Å². The van der Waals surface area contributed by atoms with E-state index in [1.54, 1.807) is 6.92 Å². The van der Waals surface area contributed by atoms with Gasteiger partial charge in [0.1, 0.15) is 6.10 Å². The topological polar surface area (TPSA) is 49.7 Å². The van der Waals surface area contributed by atoms with Gasteiger partial charge in [-0.2, -0.15) is 0 Å². The molecule has 11 heavy (non-hydrogen) atoms. The number of hydrogen-bond acceptors (Lipinski definition) is 4. The number of rotatable bonds is 5. The smallest absolute Gasteiger partial charge is 0.188 e. The van der Waals surface area contributed by atoms with Gasteiger partial charge in [0.15, 0.2) is 5.05 Å². The number of aliphatic hydroxyl groups is 2. The Morgan fingerprint density at radius 3 is 2.64 bits per heavy atom.